The molecule has 0 spiro atoms. The summed E-state index contributed by atoms with van der Waals surface area (Å²) in [7, 11) is 0. The molecule has 0 aliphatic carbocycles. The molecule has 2 saturated heterocycles. The number of rotatable bonds is 1. The SMILES string of the molecule is CC1CN(C2COC[C@H]2O)CC1O. The Morgan fingerprint density at radius 2 is 1.92 bits per heavy atom. The molecule has 2 rings (SSSR count). The van der Waals surface area contributed by atoms with Crippen molar-refractivity contribution >= 4 is 0 Å². The number of nitrogens with zero attached hydrogens (tertiary/aromatic N) is 1. The fourth-order valence-corrected chi connectivity index (χ4v) is 2.14. The van der Waals surface area contributed by atoms with Crippen molar-refractivity contribution in [2.75, 3.05) is 26.3 Å². The third-order valence-corrected chi connectivity index (χ3v) is 3.09. The average molecular weight is 187 g/mol. The topological polar surface area (TPSA) is 52.9 Å². The lowest BCUT2D eigenvalue weighted by Gasteiger charge is -2.24. The summed E-state index contributed by atoms with van der Waals surface area (Å²) in [5, 5.41) is 19.1. The van der Waals surface area contributed by atoms with Crippen molar-refractivity contribution in [1.82, 2.24) is 4.90 Å². The number of hydrogen-bond acceptors (Lipinski definition) is 4. The zero-order chi connectivity index (χ0) is 9.42. The number of aliphatic hydroxyl groups excluding tert-OH is 2. The first-order chi connectivity index (χ1) is 6.18. The maximum Gasteiger partial charge on any atom is 0.0950 e. The van der Waals surface area contributed by atoms with Gasteiger partial charge >= 0.3 is 0 Å². The molecule has 13 heavy (non-hydrogen) atoms. The minimum atomic E-state index is -0.377. The molecule has 76 valence electrons. The number of likely N-dealkylation sites (tertiary alicyclic amines) is 1. The fourth-order valence-electron chi connectivity index (χ4n) is 2.14. The van der Waals surface area contributed by atoms with Crippen molar-refractivity contribution in [2.45, 2.75) is 25.2 Å². The molecule has 0 saturated carbocycles. The maximum atomic E-state index is 9.57. The second kappa shape index (κ2) is 3.53. The summed E-state index contributed by atoms with van der Waals surface area (Å²) >= 11 is 0. The third kappa shape index (κ3) is 1.72. The van der Waals surface area contributed by atoms with Crippen molar-refractivity contribution in [3.63, 3.8) is 0 Å². The quantitative estimate of drug-likeness (QED) is 0.556. The first-order valence-electron chi connectivity index (χ1n) is 4.86. The fraction of sp³-hybridized carbons (Fsp3) is 1.00. The molecule has 0 aromatic heterocycles. The van der Waals surface area contributed by atoms with Crippen LogP contribution < -0.4 is 0 Å². The lowest BCUT2D eigenvalue weighted by Crippen LogP contribution is -2.42. The molecule has 2 aliphatic rings. The van der Waals surface area contributed by atoms with Gasteiger partial charge in [0.05, 0.1) is 31.5 Å². The normalized spacial score (nSPS) is 47.3. The Hall–Kier alpha value is -0.160. The van der Waals surface area contributed by atoms with Crippen LogP contribution in [0, 0.1) is 5.92 Å². The zero-order valence-corrected chi connectivity index (χ0v) is 7.89. The molecule has 0 radical (unpaired) electrons. The standard InChI is InChI=1S/C9H17NO3/c1-6-2-10(3-8(6)11)7-4-13-5-9(7)12/h6-9,11-12H,2-5H2,1H3/t6?,7?,8?,9-/m1/s1. The third-order valence-electron chi connectivity index (χ3n) is 3.09. The van der Waals surface area contributed by atoms with Crippen LogP contribution in [-0.2, 0) is 4.74 Å². The van der Waals surface area contributed by atoms with Gasteiger partial charge in [0.25, 0.3) is 0 Å². The van der Waals surface area contributed by atoms with Crippen LogP contribution in [0.1, 0.15) is 6.92 Å². The smallest absolute Gasteiger partial charge is 0.0950 e. The van der Waals surface area contributed by atoms with Gasteiger partial charge < -0.3 is 14.9 Å². The van der Waals surface area contributed by atoms with E-state index < -0.39 is 0 Å². The molecule has 2 aliphatic heterocycles. The summed E-state index contributed by atoms with van der Waals surface area (Å²) in [6, 6.07) is 0.0969. The average Bonchev–Trinajstić information content (AvgIpc) is 2.60. The van der Waals surface area contributed by atoms with E-state index in [1.165, 1.54) is 0 Å². The van der Waals surface area contributed by atoms with E-state index in [1.54, 1.807) is 0 Å². The summed E-state index contributed by atoms with van der Waals surface area (Å²) in [5.41, 5.74) is 0. The Morgan fingerprint density at radius 3 is 2.38 bits per heavy atom. The monoisotopic (exact) mass is 187 g/mol. The van der Waals surface area contributed by atoms with Crippen molar-refractivity contribution < 1.29 is 14.9 Å². The predicted molar refractivity (Wildman–Crippen MR) is 47.4 cm³/mol. The second-order valence-electron chi connectivity index (χ2n) is 4.17. The van der Waals surface area contributed by atoms with Gasteiger partial charge in [0.2, 0.25) is 0 Å². The van der Waals surface area contributed by atoms with Gasteiger partial charge in [-0.05, 0) is 5.92 Å². The lowest BCUT2D eigenvalue weighted by atomic mass is 10.1. The zero-order valence-electron chi connectivity index (χ0n) is 7.89. The van der Waals surface area contributed by atoms with Gasteiger partial charge in [-0.15, -0.1) is 0 Å². The van der Waals surface area contributed by atoms with E-state index in [-0.39, 0.29) is 18.2 Å². The largest absolute Gasteiger partial charge is 0.391 e. The van der Waals surface area contributed by atoms with Crippen molar-refractivity contribution in [2.24, 2.45) is 5.92 Å². The Bertz CT molecular complexity index is 178. The van der Waals surface area contributed by atoms with E-state index in [0.29, 0.717) is 25.7 Å². The molecular formula is C9H17NO3. The van der Waals surface area contributed by atoms with Crippen LogP contribution in [0.5, 0.6) is 0 Å². The molecule has 0 aromatic carbocycles. The van der Waals surface area contributed by atoms with E-state index in [0.717, 1.165) is 6.54 Å². The van der Waals surface area contributed by atoms with Crippen molar-refractivity contribution in [3.05, 3.63) is 0 Å². The number of hydrogen-bond donors (Lipinski definition) is 2. The summed E-state index contributed by atoms with van der Waals surface area (Å²) in [6.07, 6.45) is -0.620. The van der Waals surface area contributed by atoms with Crippen LogP contribution in [0.25, 0.3) is 0 Å². The highest BCUT2D eigenvalue weighted by Gasteiger charge is 2.38. The molecule has 4 nitrogen and oxygen atoms in total. The van der Waals surface area contributed by atoms with Crippen LogP contribution >= 0.6 is 0 Å². The molecule has 4 heteroatoms. The van der Waals surface area contributed by atoms with Gasteiger partial charge in [0.1, 0.15) is 0 Å². The molecule has 2 N–H and O–H groups in total. The molecule has 3 unspecified atom stereocenters. The van der Waals surface area contributed by atoms with E-state index in [9.17, 15) is 10.2 Å². The van der Waals surface area contributed by atoms with Crippen molar-refractivity contribution in [3.8, 4) is 0 Å². The van der Waals surface area contributed by atoms with Crippen molar-refractivity contribution in [1.29, 1.82) is 0 Å². The second-order valence-corrected chi connectivity index (χ2v) is 4.17. The molecule has 0 aromatic rings. The molecule has 2 heterocycles. The highest BCUT2D eigenvalue weighted by molar-refractivity contribution is 4.90. The van der Waals surface area contributed by atoms with Gasteiger partial charge in [-0.2, -0.15) is 0 Å². The Balaban J connectivity index is 1.95. The molecule has 2 fully saturated rings. The summed E-state index contributed by atoms with van der Waals surface area (Å²) < 4.78 is 5.18. The van der Waals surface area contributed by atoms with Gasteiger partial charge in [-0.3, -0.25) is 4.90 Å². The van der Waals surface area contributed by atoms with Crippen LogP contribution in [0.3, 0.4) is 0 Å². The maximum absolute atomic E-state index is 9.57. The summed E-state index contributed by atoms with van der Waals surface area (Å²) in [5.74, 6) is 0.313. The van der Waals surface area contributed by atoms with Gasteiger partial charge in [-0.25, -0.2) is 0 Å². The van der Waals surface area contributed by atoms with E-state index in [2.05, 4.69) is 4.90 Å². The van der Waals surface area contributed by atoms with E-state index in [1.807, 2.05) is 6.92 Å². The molecule has 0 bridgehead atoms. The Labute approximate surface area is 78.1 Å². The Morgan fingerprint density at radius 1 is 1.15 bits per heavy atom. The molecule has 0 amide bonds. The highest BCUT2D eigenvalue weighted by Crippen LogP contribution is 2.22. The van der Waals surface area contributed by atoms with Gasteiger partial charge in [-0.1, -0.05) is 6.92 Å². The first-order valence-corrected chi connectivity index (χ1v) is 4.86. The number of β-amino-alcohol motifs (C(OH)–C–C–N with tert-alkyl or cyclic N) is 1. The highest BCUT2D eigenvalue weighted by atomic mass is 16.5. The van der Waals surface area contributed by atoms with E-state index in [4.69, 9.17) is 4.74 Å². The van der Waals surface area contributed by atoms with Gasteiger partial charge in [0, 0.05) is 13.1 Å². The minimum Gasteiger partial charge on any atom is -0.391 e. The number of ether oxygens (including phenoxy) is 1. The first kappa shape index (κ1) is 9.40. The van der Waals surface area contributed by atoms with Gasteiger partial charge in [0.15, 0.2) is 0 Å². The van der Waals surface area contributed by atoms with Crippen LogP contribution in [0.4, 0.5) is 0 Å². The summed E-state index contributed by atoms with van der Waals surface area (Å²) in [4.78, 5) is 2.13. The molecule has 4 atom stereocenters. The number of aliphatic hydroxyl groups is 2. The van der Waals surface area contributed by atoms with Crippen LogP contribution in [0.2, 0.25) is 0 Å². The lowest BCUT2D eigenvalue weighted by molar-refractivity contribution is 0.0851. The molecular weight excluding hydrogens is 170 g/mol. The predicted octanol–water partition coefficient (Wildman–Crippen LogP) is -0.941. The van der Waals surface area contributed by atoms with E-state index >= 15 is 0 Å². The van der Waals surface area contributed by atoms with Crippen LogP contribution in [0.15, 0.2) is 0 Å². The minimum absolute atomic E-state index is 0.0969. The Kier molecular flexibility index (Phi) is 2.55. The summed E-state index contributed by atoms with van der Waals surface area (Å²) in [6.45, 7) is 4.61. The van der Waals surface area contributed by atoms with Crippen LogP contribution in [-0.4, -0.2) is 59.7 Å².